The summed E-state index contributed by atoms with van der Waals surface area (Å²) < 4.78 is 0. The molecular formula is C33H26O2S. The number of carbonyl (C=O) groups excluding carboxylic acids is 2. The van der Waals surface area contributed by atoms with E-state index in [1.807, 2.05) is 115 Å². The molecule has 5 aromatic rings. The Morgan fingerprint density at radius 3 is 1.08 bits per heavy atom. The number of carbonyl (C=O) groups is 2. The number of hydrogen-bond donors (Lipinski definition) is 0. The number of ketones is 2. The highest BCUT2D eigenvalue weighted by Crippen LogP contribution is 2.28. The van der Waals surface area contributed by atoms with Crippen LogP contribution < -0.4 is 0 Å². The Labute approximate surface area is 216 Å². The fourth-order valence-corrected chi connectivity index (χ4v) is 4.34. The molecule has 0 aliphatic heterocycles. The average molecular weight is 487 g/mol. The summed E-state index contributed by atoms with van der Waals surface area (Å²) >= 11 is 1.70. The molecule has 0 aliphatic carbocycles. The summed E-state index contributed by atoms with van der Waals surface area (Å²) in [5.74, 6) is 0.138. The smallest absolute Gasteiger partial charge is 0.193 e. The van der Waals surface area contributed by atoms with Crippen molar-refractivity contribution in [3.63, 3.8) is 0 Å². The van der Waals surface area contributed by atoms with Gasteiger partial charge >= 0.3 is 0 Å². The number of hydrogen-bond acceptors (Lipinski definition) is 3. The minimum atomic E-state index is 0.0625. The quantitative estimate of drug-likeness (QED) is 0.226. The molecule has 0 aromatic heterocycles. The van der Waals surface area contributed by atoms with E-state index < -0.39 is 0 Å². The highest BCUT2D eigenvalue weighted by atomic mass is 32.2. The van der Waals surface area contributed by atoms with Crippen LogP contribution in [0.15, 0.2) is 149 Å². The lowest BCUT2D eigenvalue weighted by atomic mass is 10.0. The largest absolute Gasteiger partial charge is 0.289 e. The first kappa shape index (κ1) is 24.9. The molecule has 0 saturated carbocycles. The first-order valence-corrected chi connectivity index (χ1v) is 12.5. The second-order valence-electron chi connectivity index (χ2n) is 8.20. The molecule has 2 nitrogen and oxygen atoms in total. The van der Waals surface area contributed by atoms with E-state index in [1.54, 1.807) is 11.8 Å². The van der Waals surface area contributed by atoms with Crippen LogP contribution in [0.3, 0.4) is 0 Å². The molecule has 0 atom stereocenters. The molecule has 0 bridgehead atoms. The second-order valence-corrected chi connectivity index (χ2v) is 9.34. The zero-order valence-electron chi connectivity index (χ0n) is 20.0. The molecule has 0 N–H and O–H groups in total. The maximum Gasteiger partial charge on any atom is 0.193 e. The van der Waals surface area contributed by atoms with Crippen molar-refractivity contribution in [2.75, 3.05) is 0 Å². The molecule has 0 aliphatic rings. The van der Waals surface area contributed by atoms with E-state index in [9.17, 15) is 9.59 Å². The van der Waals surface area contributed by atoms with Crippen molar-refractivity contribution in [3.05, 3.63) is 167 Å². The van der Waals surface area contributed by atoms with Gasteiger partial charge in [-0.05, 0) is 43.3 Å². The predicted octanol–water partition coefficient (Wildman–Crippen LogP) is 8.29. The van der Waals surface area contributed by atoms with Crippen LogP contribution in [0.4, 0.5) is 0 Å². The highest BCUT2D eigenvalue weighted by molar-refractivity contribution is 7.99. The topological polar surface area (TPSA) is 34.1 Å². The minimum absolute atomic E-state index is 0.0625. The predicted molar refractivity (Wildman–Crippen MR) is 148 cm³/mol. The van der Waals surface area contributed by atoms with Crippen molar-refractivity contribution in [1.29, 1.82) is 0 Å². The third-order valence-electron chi connectivity index (χ3n) is 5.48. The van der Waals surface area contributed by atoms with Gasteiger partial charge in [0.25, 0.3) is 0 Å². The van der Waals surface area contributed by atoms with E-state index in [-0.39, 0.29) is 11.6 Å². The monoisotopic (exact) mass is 486 g/mol. The molecule has 0 heterocycles. The summed E-state index contributed by atoms with van der Waals surface area (Å²) in [4.78, 5) is 26.5. The van der Waals surface area contributed by atoms with Crippen molar-refractivity contribution in [3.8, 4) is 0 Å². The Morgan fingerprint density at radius 1 is 0.417 bits per heavy atom. The van der Waals surface area contributed by atoms with Crippen molar-refractivity contribution < 1.29 is 9.59 Å². The molecule has 36 heavy (non-hydrogen) atoms. The van der Waals surface area contributed by atoms with Crippen molar-refractivity contribution in [2.45, 2.75) is 16.7 Å². The summed E-state index contributed by atoms with van der Waals surface area (Å²) in [5.41, 5.74) is 4.17. The van der Waals surface area contributed by atoms with E-state index in [0.29, 0.717) is 0 Å². The first-order chi connectivity index (χ1) is 17.6. The third kappa shape index (κ3) is 6.91. The van der Waals surface area contributed by atoms with Crippen LogP contribution in [-0.4, -0.2) is 11.6 Å². The van der Waals surface area contributed by atoms with Crippen molar-refractivity contribution in [2.24, 2.45) is 0 Å². The second kappa shape index (κ2) is 12.5. The van der Waals surface area contributed by atoms with Gasteiger partial charge in [-0.15, -0.1) is 0 Å². The van der Waals surface area contributed by atoms with E-state index in [1.165, 1.54) is 10.5 Å². The third-order valence-corrected chi connectivity index (χ3v) is 6.50. The van der Waals surface area contributed by atoms with Crippen LogP contribution in [0.5, 0.6) is 0 Å². The van der Waals surface area contributed by atoms with Gasteiger partial charge in [-0.1, -0.05) is 120 Å². The maximum atomic E-state index is 12.3. The molecule has 0 unspecified atom stereocenters. The van der Waals surface area contributed by atoms with Gasteiger partial charge in [-0.3, -0.25) is 9.59 Å². The van der Waals surface area contributed by atoms with Gasteiger partial charge in [-0.2, -0.15) is 0 Å². The minimum Gasteiger partial charge on any atom is -0.289 e. The van der Waals surface area contributed by atoms with Gasteiger partial charge in [0.1, 0.15) is 0 Å². The summed E-state index contributed by atoms with van der Waals surface area (Å²) in [5, 5.41) is 0. The van der Waals surface area contributed by atoms with E-state index >= 15 is 0 Å². The maximum absolute atomic E-state index is 12.3. The van der Waals surface area contributed by atoms with E-state index in [4.69, 9.17) is 0 Å². The zero-order chi connectivity index (χ0) is 25.2. The Hall–Kier alpha value is -4.21. The number of aryl methyl sites for hydroxylation is 1. The normalized spacial score (nSPS) is 10.1. The fraction of sp³-hybridized carbons (Fsp3) is 0.0303. The molecule has 3 heteroatoms. The summed E-state index contributed by atoms with van der Waals surface area (Å²) in [6, 6.07) is 44.2. The summed E-state index contributed by atoms with van der Waals surface area (Å²) in [6.45, 7) is 2.08. The van der Waals surface area contributed by atoms with E-state index in [0.717, 1.165) is 27.1 Å². The lowest BCUT2D eigenvalue weighted by molar-refractivity contribution is 0.103. The van der Waals surface area contributed by atoms with Crippen LogP contribution in [0.25, 0.3) is 0 Å². The van der Waals surface area contributed by atoms with Crippen LogP contribution in [0.1, 0.15) is 37.4 Å². The number of benzene rings is 5. The van der Waals surface area contributed by atoms with Crippen LogP contribution in [0, 0.1) is 6.92 Å². The van der Waals surface area contributed by atoms with Gasteiger partial charge in [0.2, 0.25) is 0 Å². The Morgan fingerprint density at radius 2 is 0.722 bits per heavy atom. The molecule has 5 rings (SSSR count). The SMILES string of the molecule is Cc1ccc(Sc2ccc(C(=O)c3ccccc3)cc2)cc1.O=C(c1ccccc1)c1ccccc1. The molecule has 0 saturated heterocycles. The number of rotatable bonds is 6. The van der Waals surface area contributed by atoms with Gasteiger partial charge < -0.3 is 0 Å². The lowest BCUT2D eigenvalue weighted by Crippen LogP contribution is -2.00. The molecule has 0 fully saturated rings. The van der Waals surface area contributed by atoms with Crippen LogP contribution >= 0.6 is 11.8 Å². The standard InChI is InChI=1S/C20H16OS.C13H10O/c1-15-7-11-18(12-8-15)22-19-13-9-17(10-14-19)20(21)16-5-3-2-4-6-16;14-13(11-7-3-1-4-8-11)12-9-5-2-6-10-12/h2-14H,1H3;1-10H. The van der Waals surface area contributed by atoms with E-state index in [2.05, 4.69) is 31.2 Å². The van der Waals surface area contributed by atoms with Crippen LogP contribution in [-0.2, 0) is 0 Å². The van der Waals surface area contributed by atoms with Crippen molar-refractivity contribution in [1.82, 2.24) is 0 Å². The molecule has 0 spiro atoms. The molecule has 176 valence electrons. The van der Waals surface area contributed by atoms with Crippen molar-refractivity contribution >= 4 is 23.3 Å². The van der Waals surface area contributed by atoms with Gasteiger partial charge in [0.15, 0.2) is 11.6 Å². The zero-order valence-corrected chi connectivity index (χ0v) is 20.8. The highest BCUT2D eigenvalue weighted by Gasteiger charge is 2.08. The Balaban J connectivity index is 0.000000187. The average Bonchev–Trinajstić information content (AvgIpc) is 2.96. The molecule has 0 radical (unpaired) electrons. The van der Waals surface area contributed by atoms with Crippen LogP contribution in [0.2, 0.25) is 0 Å². The Bertz CT molecular complexity index is 1350. The van der Waals surface area contributed by atoms with Gasteiger partial charge in [0, 0.05) is 32.0 Å². The van der Waals surface area contributed by atoms with Gasteiger partial charge in [-0.25, -0.2) is 0 Å². The fourth-order valence-electron chi connectivity index (χ4n) is 3.52. The first-order valence-electron chi connectivity index (χ1n) is 11.7. The summed E-state index contributed by atoms with van der Waals surface area (Å²) in [7, 11) is 0. The molecular weight excluding hydrogens is 460 g/mol. The molecule has 5 aromatic carbocycles. The van der Waals surface area contributed by atoms with Gasteiger partial charge in [0.05, 0.1) is 0 Å². The molecule has 0 amide bonds. The Kier molecular flexibility index (Phi) is 8.63. The lowest BCUT2D eigenvalue weighted by Gasteiger charge is -2.04. The summed E-state index contributed by atoms with van der Waals surface area (Å²) in [6.07, 6.45) is 0.